The van der Waals surface area contributed by atoms with Crippen LogP contribution in [-0.4, -0.2) is 46.5 Å². The first-order valence-corrected chi connectivity index (χ1v) is 9.81. The van der Waals surface area contributed by atoms with Crippen LogP contribution < -0.4 is 14.8 Å². The maximum Gasteiger partial charge on any atom is 0.338 e. The fraction of sp³-hybridized carbons (Fsp3) is 0.273. The number of aromatic nitrogens is 4. The van der Waals surface area contributed by atoms with Gasteiger partial charge in [0.05, 0.1) is 26.4 Å². The summed E-state index contributed by atoms with van der Waals surface area (Å²) in [6, 6.07) is 8.50. The summed E-state index contributed by atoms with van der Waals surface area (Å²) >= 11 is 0. The van der Waals surface area contributed by atoms with Crippen molar-refractivity contribution in [1.29, 1.82) is 0 Å². The molecular formula is C22H23N5O4. The average molecular weight is 421 g/mol. The molecule has 0 saturated carbocycles. The predicted octanol–water partition coefficient (Wildman–Crippen LogP) is 3.21. The van der Waals surface area contributed by atoms with Crippen LogP contribution in [0.25, 0.3) is 11.4 Å². The standard InChI is InChI=1S/C22H23N5O4/c1-5-31-21(28)18-13(2)24-22-25-20(14-7-6-10-23-12-14)26-27(22)19(18)16-11-15(29-3)8-9-17(16)30-4/h6-12,19H,5H2,1-4H3,(H,24,25,26). The number of hydrogen-bond acceptors (Lipinski definition) is 8. The second-order valence-corrected chi connectivity index (χ2v) is 6.84. The molecule has 4 rings (SSSR count). The highest BCUT2D eigenvalue weighted by Gasteiger charge is 2.37. The van der Waals surface area contributed by atoms with Gasteiger partial charge in [-0.25, -0.2) is 9.48 Å². The van der Waals surface area contributed by atoms with E-state index in [0.717, 1.165) is 5.56 Å². The number of nitrogens with one attached hydrogen (secondary N) is 1. The van der Waals surface area contributed by atoms with Crippen LogP contribution in [0.15, 0.2) is 54.0 Å². The molecule has 0 radical (unpaired) electrons. The molecule has 0 spiro atoms. The molecule has 0 aliphatic carbocycles. The van der Waals surface area contributed by atoms with Crippen molar-refractivity contribution in [2.24, 2.45) is 0 Å². The second-order valence-electron chi connectivity index (χ2n) is 6.84. The Morgan fingerprint density at radius 3 is 2.74 bits per heavy atom. The summed E-state index contributed by atoms with van der Waals surface area (Å²) in [5.41, 5.74) is 2.52. The molecule has 1 aromatic carbocycles. The highest BCUT2D eigenvalue weighted by molar-refractivity contribution is 5.92. The minimum atomic E-state index is -0.627. The molecule has 31 heavy (non-hydrogen) atoms. The maximum atomic E-state index is 13.0. The van der Waals surface area contributed by atoms with E-state index in [1.807, 2.05) is 25.1 Å². The number of pyridine rings is 1. The van der Waals surface area contributed by atoms with Gasteiger partial charge < -0.3 is 19.5 Å². The van der Waals surface area contributed by atoms with E-state index in [1.54, 1.807) is 50.4 Å². The molecule has 9 nitrogen and oxygen atoms in total. The summed E-state index contributed by atoms with van der Waals surface area (Å²) < 4.78 is 18.1. The first-order valence-electron chi connectivity index (χ1n) is 9.81. The van der Waals surface area contributed by atoms with Crippen LogP contribution in [0.1, 0.15) is 25.5 Å². The van der Waals surface area contributed by atoms with Gasteiger partial charge >= 0.3 is 5.97 Å². The monoisotopic (exact) mass is 421 g/mol. The number of methoxy groups -OCH3 is 2. The van der Waals surface area contributed by atoms with Gasteiger partial charge in [0.1, 0.15) is 17.5 Å². The van der Waals surface area contributed by atoms with Gasteiger partial charge in [0.25, 0.3) is 0 Å². The molecule has 0 bridgehead atoms. The molecule has 2 aromatic heterocycles. The minimum Gasteiger partial charge on any atom is -0.497 e. The summed E-state index contributed by atoms with van der Waals surface area (Å²) in [4.78, 5) is 21.7. The molecule has 3 heterocycles. The summed E-state index contributed by atoms with van der Waals surface area (Å²) in [7, 11) is 3.17. The first-order chi connectivity index (χ1) is 15.1. The highest BCUT2D eigenvalue weighted by atomic mass is 16.5. The number of hydrogen-bond donors (Lipinski definition) is 1. The fourth-order valence-electron chi connectivity index (χ4n) is 3.58. The van der Waals surface area contributed by atoms with Crippen LogP contribution in [-0.2, 0) is 9.53 Å². The zero-order valence-electron chi connectivity index (χ0n) is 17.7. The Hall–Kier alpha value is -3.88. The maximum absolute atomic E-state index is 13.0. The molecule has 0 fully saturated rings. The number of esters is 1. The van der Waals surface area contributed by atoms with Crippen molar-refractivity contribution in [3.63, 3.8) is 0 Å². The lowest BCUT2D eigenvalue weighted by molar-refractivity contribution is -0.139. The van der Waals surface area contributed by atoms with Crippen LogP contribution in [0, 0.1) is 0 Å². The van der Waals surface area contributed by atoms with Gasteiger partial charge in [0, 0.05) is 29.2 Å². The molecule has 0 amide bonds. The Balaban J connectivity index is 1.93. The molecule has 1 unspecified atom stereocenters. The Morgan fingerprint density at radius 1 is 1.23 bits per heavy atom. The normalized spacial score (nSPS) is 15.2. The van der Waals surface area contributed by atoms with E-state index in [0.29, 0.717) is 40.1 Å². The topological polar surface area (TPSA) is 100 Å². The second kappa shape index (κ2) is 8.47. The lowest BCUT2D eigenvalue weighted by atomic mass is 9.94. The summed E-state index contributed by atoms with van der Waals surface area (Å²) in [6.45, 7) is 3.84. The smallest absolute Gasteiger partial charge is 0.338 e. The van der Waals surface area contributed by atoms with Crippen molar-refractivity contribution >= 4 is 11.9 Å². The van der Waals surface area contributed by atoms with Crippen molar-refractivity contribution in [3.8, 4) is 22.9 Å². The largest absolute Gasteiger partial charge is 0.497 e. The minimum absolute atomic E-state index is 0.253. The van der Waals surface area contributed by atoms with E-state index < -0.39 is 12.0 Å². The Labute approximate surface area is 179 Å². The summed E-state index contributed by atoms with van der Waals surface area (Å²) in [6.07, 6.45) is 3.38. The van der Waals surface area contributed by atoms with Gasteiger partial charge in [0.2, 0.25) is 5.95 Å². The number of benzene rings is 1. The van der Waals surface area contributed by atoms with E-state index in [9.17, 15) is 4.79 Å². The number of ether oxygens (including phenoxy) is 3. The van der Waals surface area contributed by atoms with Crippen LogP contribution >= 0.6 is 0 Å². The van der Waals surface area contributed by atoms with Gasteiger partial charge in [-0.05, 0) is 44.2 Å². The van der Waals surface area contributed by atoms with E-state index in [4.69, 9.17) is 19.3 Å². The number of carbonyl (C=O) groups excluding carboxylic acids is 1. The summed E-state index contributed by atoms with van der Waals surface area (Å²) in [5, 5.41) is 7.88. The van der Waals surface area contributed by atoms with E-state index in [1.165, 1.54) is 0 Å². The summed E-state index contributed by atoms with van der Waals surface area (Å²) in [5.74, 6) is 1.77. The third kappa shape index (κ3) is 3.70. The molecule has 0 saturated heterocycles. The van der Waals surface area contributed by atoms with Crippen LogP contribution in [0.3, 0.4) is 0 Å². The Bertz CT molecular complexity index is 1140. The van der Waals surface area contributed by atoms with Crippen LogP contribution in [0.2, 0.25) is 0 Å². The number of anilines is 1. The van der Waals surface area contributed by atoms with Crippen molar-refractivity contribution in [3.05, 3.63) is 59.6 Å². The molecule has 1 aliphatic rings. The highest BCUT2D eigenvalue weighted by Crippen LogP contribution is 2.41. The molecule has 3 aromatic rings. The average Bonchev–Trinajstić information content (AvgIpc) is 3.22. The molecule has 1 aliphatic heterocycles. The lowest BCUT2D eigenvalue weighted by Crippen LogP contribution is -2.30. The van der Waals surface area contributed by atoms with Gasteiger partial charge in [-0.2, -0.15) is 4.98 Å². The quantitative estimate of drug-likeness (QED) is 0.606. The first kappa shape index (κ1) is 20.4. The van der Waals surface area contributed by atoms with Gasteiger partial charge in [0.15, 0.2) is 5.82 Å². The van der Waals surface area contributed by atoms with Gasteiger partial charge in [-0.15, -0.1) is 5.10 Å². The predicted molar refractivity (Wildman–Crippen MR) is 114 cm³/mol. The van der Waals surface area contributed by atoms with Gasteiger partial charge in [-0.3, -0.25) is 4.98 Å². The molecule has 9 heteroatoms. The van der Waals surface area contributed by atoms with E-state index >= 15 is 0 Å². The van der Waals surface area contributed by atoms with Crippen LogP contribution in [0.4, 0.5) is 5.95 Å². The zero-order chi connectivity index (χ0) is 22.0. The number of allylic oxidation sites excluding steroid dienone is 1. The molecule has 160 valence electrons. The van der Waals surface area contributed by atoms with Crippen molar-refractivity contribution < 1.29 is 19.0 Å². The van der Waals surface area contributed by atoms with Crippen molar-refractivity contribution in [2.45, 2.75) is 19.9 Å². The number of nitrogens with zero attached hydrogens (tertiary/aromatic N) is 4. The lowest BCUT2D eigenvalue weighted by Gasteiger charge is -2.29. The van der Waals surface area contributed by atoms with Crippen LogP contribution in [0.5, 0.6) is 11.5 Å². The Kier molecular flexibility index (Phi) is 5.57. The third-order valence-electron chi connectivity index (χ3n) is 5.00. The SMILES string of the molecule is CCOC(=O)C1=C(C)Nc2nc(-c3cccnc3)nn2C1c1cc(OC)ccc1OC. The van der Waals surface area contributed by atoms with E-state index in [-0.39, 0.29) is 6.61 Å². The molecule has 1 atom stereocenters. The number of rotatable bonds is 6. The van der Waals surface area contributed by atoms with E-state index in [2.05, 4.69) is 15.3 Å². The third-order valence-corrected chi connectivity index (χ3v) is 5.00. The van der Waals surface area contributed by atoms with Crippen molar-refractivity contribution in [1.82, 2.24) is 19.7 Å². The number of carbonyl (C=O) groups is 1. The van der Waals surface area contributed by atoms with Gasteiger partial charge in [-0.1, -0.05) is 0 Å². The fourth-order valence-corrected chi connectivity index (χ4v) is 3.58. The Morgan fingerprint density at radius 2 is 2.06 bits per heavy atom. The zero-order valence-corrected chi connectivity index (χ0v) is 17.7. The molecular weight excluding hydrogens is 398 g/mol. The molecule has 1 N–H and O–H groups in total. The number of fused-ring (bicyclic) bond motifs is 1. The van der Waals surface area contributed by atoms with Crippen molar-refractivity contribution in [2.75, 3.05) is 26.1 Å².